The molecule has 0 spiro atoms. The normalized spacial score (nSPS) is 5.67. The van der Waals surface area contributed by atoms with Crippen LogP contribution in [0.4, 0.5) is 0 Å². The van der Waals surface area contributed by atoms with Crippen molar-refractivity contribution >= 4 is 15.2 Å². The summed E-state index contributed by atoms with van der Waals surface area (Å²) in [5, 5.41) is 0. The second kappa shape index (κ2) is 25.7. The molecule has 0 atom stereocenters. The Morgan fingerprint density at radius 1 is 0.750 bits per heavy atom. The van der Waals surface area contributed by atoms with Crippen molar-refractivity contribution < 1.29 is 234 Å². The predicted molar refractivity (Wildman–Crippen MR) is 10.8 cm³/mol. The van der Waals surface area contributed by atoms with Gasteiger partial charge in [0.15, 0.2) is 0 Å². The molecule has 0 saturated heterocycles. The fourth-order valence-electron chi connectivity index (χ4n) is 0. The second-order valence-electron chi connectivity index (χ2n) is 0.583. The summed E-state index contributed by atoms with van der Waals surface area (Å²) in [5.41, 5.74) is 0. The third kappa shape index (κ3) is 100. The van der Waals surface area contributed by atoms with Crippen LogP contribution in [0.15, 0.2) is 0 Å². The largest absolute Gasteiger partial charge is 1.00 e. The van der Waals surface area contributed by atoms with Crippen LogP contribution in [0.5, 0.6) is 0 Å². The Balaban J connectivity index is -0.0000000119. The molecule has 0 unspecified atom stereocenters. The molecule has 11 heteroatoms. The van der Waals surface area contributed by atoms with Crippen LogP contribution in [0.25, 0.3) is 0 Å². The van der Waals surface area contributed by atoms with Gasteiger partial charge in [-0.2, -0.15) is 9.59 Å². The van der Waals surface area contributed by atoms with Gasteiger partial charge in [-0.05, 0) is 0 Å². The fraction of sp³-hybridized carbons (Fsp3) is 0. The Morgan fingerprint density at radius 3 is 0.750 bits per heavy atom. The van der Waals surface area contributed by atoms with Gasteiger partial charge in [-0.25, -0.2) is 0 Å². The van der Waals surface area contributed by atoms with Crippen molar-refractivity contribution in [3.8, 4) is 0 Å². The van der Waals surface area contributed by atoms with Crippen molar-refractivity contribution in [3.63, 3.8) is 0 Å². The molecule has 48 valence electrons. The molecule has 6 nitrogen and oxygen atoms in total. The zero-order chi connectivity index (χ0) is 7.21. The molecule has 0 aliphatic heterocycles. The van der Waals surface area contributed by atoms with Gasteiger partial charge in [-0.3, -0.25) is 0 Å². The molecule has 0 aliphatic rings. The third-order valence-corrected chi connectivity index (χ3v) is 0. The van der Waals surface area contributed by atoms with E-state index in [0.29, 0.717) is 0 Å². The molecule has 0 aliphatic carbocycles. The Bertz CT molecular complexity index is 80.0. The molecule has 0 aromatic carbocycles. The molecule has 0 N–H and O–H groups in total. The van der Waals surface area contributed by atoms with Gasteiger partial charge in [0.1, 0.15) is 0 Å². The van der Waals surface area contributed by atoms with Gasteiger partial charge in [0, 0.05) is 0 Å². The Labute approximate surface area is 241 Å². The van der Waals surface area contributed by atoms with Crippen LogP contribution in [0.1, 0.15) is 0 Å². The topological polar surface area (TPSA) is 126 Å². The van der Waals surface area contributed by atoms with Crippen LogP contribution in [0.2, 0.25) is 0 Å². The molecule has 12 heavy (non-hydrogen) atoms. The minimum Gasteiger partial charge on any atom is -0.894 e. The summed E-state index contributed by atoms with van der Waals surface area (Å²) in [6, 6.07) is 0. The summed E-state index contributed by atoms with van der Waals surface area (Å²) in [4.78, 5) is 50.6. The standard InChI is InChI=1S/CO2.4K.O4Si/c2-1-3;;;;;1-5(2,3)4/q;4*+1;-4. The average molecular weight is 292 g/mol. The van der Waals surface area contributed by atoms with Crippen LogP contribution in [-0.4, -0.2) is 15.2 Å². The summed E-state index contributed by atoms with van der Waals surface area (Å²) in [5.74, 6) is 0. The van der Waals surface area contributed by atoms with Crippen molar-refractivity contribution in [3.05, 3.63) is 0 Å². The molecular formula is CK4O6Si. The third-order valence-electron chi connectivity index (χ3n) is 0. The van der Waals surface area contributed by atoms with Crippen LogP contribution in [-0.2, 0) is 9.59 Å². The van der Waals surface area contributed by atoms with Gasteiger partial charge >= 0.3 is 212 Å². The van der Waals surface area contributed by atoms with Crippen molar-refractivity contribution in [1.29, 1.82) is 0 Å². The van der Waals surface area contributed by atoms with E-state index in [2.05, 4.69) is 0 Å². The number of hydrogen-bond acceptors (Lipinski definition) is 6. The molecule has 0 bridgehead atoms. The SMILES string of the molecule is O=C=O.[K+].[K+].[K+].[K+].[O-][Si]([O-])([O-])[O-]. The van der Waals surface area contributed by atoms with E-state index in [9.17, 15) is 0 Å². The van der Waals surface area contributed by atoms with Crippen molar-refractivity contribution in [2.45, 2.75) is 0 Å². The maximum absolute atomic E-state index is 8.58. The van der Waals surface area contributed by atoms with Crippen molar-refractivity contribution in [2.24, 2.45) is 0 Å². The van der Waals surface area contributed by atoms with Gasteiger partial charge in [0.2, 0.25) is 0 Å². The maximum atomic E-state index is 8.58. The number of hydrogen-bond donors (Lipinski definition) is 0. The fourth-order valence-corrected chi connectivity index (χ4v) is 0. The van der Waals surface area contributed by atoms with E-state index in [-0.39, 0.29) is 212 Å². The molecule has 0 rings (SSSR count). The van der Waals surface area contributed by atoms with Crippen molar-refractivity contribution in [2.75, 3.05) is 0 Å². The zero-order valence-corrected chi connectivity index (χ0v) is 20.9. The first-order valence-electron chi connectivity index (χ1n) is 1.22. The molecule has 0 fully saturated rings. The van der Waals surface area contributed by atoms with Gasteiger partial charge in [0.25, 0.3) is 0 Å². The minimum atomic E-state index is -5.61. The number of carbonyl (C=O) groups excluding carboxylic acids is 2. The van der Waals surface area contributed by atoms with Crippen LogP contribution >= 0.6 is 0 Å². The van der Waals surface area contributed by atoms with Gasteiger partial charge in [0.05, 0.1) is 0 Å². The first-order valence-corrected chi connectivity index (χ1v) is 2.86. The monoisotopic (exact) mass is 292 g/mol. The van der Waals surface area contributed by atoms with E-state index in [1.165, 1.54) is 0 Å². The summed E-state index contributed by atoms with van der Waals surface area (Å²) in [7, 11) is -5.61. The van der Waals surface area contributed by atoms with Crippen LogP contribution in [0, 0.1) is 0 Å². The molecule has 0 amide bonds. The van der Waals surface area contributed by atoms with Crippen molar-refractivity contribution in [1.82, 2.24) is 0 Å². The minimum absolute atomic E-state index is 0. The van der Waals surface area contributed by atoms with Gasteiger partial charge < -0.3 is 28.2 Å². The number of rotatable bonds is 0. The average Bonchev–Trinajstić information content (AvgIpc) is 1.27. The van der Waals surface area contributed by atoms with E-state index in [0.717, 1.165) is 0 Å². The molecule has 0 aromatic rings. The van der Waals surface area contributed by atoms with Crippen LogP contribution in [0.3, 0.4) is 0 Å². The maximum Gasteiger partial charge on any atom is 1.00 e. The molecule has 0 saturated carbocycles. The van der Waals surface area contributed by atoms with E-state index < -0.39 is 9.05 Å². The Morgan fingerprint density at radius 2 is 0.750 bits per heavy atom. The summed E-state index contributed by atoms with van der Waals surface area (Å²) in [6.07, 6.45) is 0.250. The molecular weight excluding hydrogens is 292 g/mol. The van der Waals surface area contributed by atoms with E-state index >= 15 is 0 Å². The van der Waals surface area contributed by atoms with Crippen LogP contribution < -0.4 is 225 Å². The first kappa shape index (κ1) is 36.1. The molecule has 0 heterocycles. The smallest absolute Gasteiger partial charge is 0.894 e. The zero-order valence-electron chi connectivity index (χ0n) is 7.45. The summed E-state index contributed by atoms with van der Waals surface area (Å²) < 4.78 is 0. The van der Waals surface area contributed by atoms with E-state index in [1.807, 2.05) is 0 Å². The Hall–Kier alpha value is 5.98. The Kier molecular flexibility index (Phi) is 77.5. The van der Waals surface area contributed by atoms with Gasteiger partial charge in [-0.1, -0.05) is 0 Å². The predicted octanol–water partition coefficient (Wildman–Crippen LogP) is -17.7. The molecule has 0 aromatic heterocycles. The van der Waals surface area contributed by atoms with E-state index in [4.69, 9.17) is 28.8 Å². The molecule has 0 radical (unpaired) electrons. The summed E-state index contributed by atoms with van der Waals surface area (Å²) in [6.45, 7) is 0. The van der Waals surface area contributed by atoms with Gasteiger partial charge in [-0.15, -0.1) is 0 Å². The van der Waals surface area contributed by atoms with E-state index in [1.54, 1.807) is 0 Å². The quantitative estimate of drug-likeness (QED) is 0.408. The second-order valence-corrected chi connectivity index (χ2v) is 1.58. The first-order chi connectivity index (χ1) is 3.41. The summed E-state index contributed by atoms with van der Waals surface area (Å²) >= 11 is 0.